The number of aryl methyl sites for hydroxylation is 1. The van der Waals surface area contributed by atoms with Crippen molar-refractivity contribution in [2.45, 2.75) is 16.7 Å². The lowest BCUT2D eigenvalue weighted by Gasteiger charge is -2.10. The quantitative estimate of drug-likeness (QED) is 0.251. The van der Waals surface area contributed by atoms with E-state index in [-0.39, 0.29) is 16.2 Å². The van der Waals surface area contributed by atoms with Gasteiger partial charge in [-0.25, -0.2) is 13.7 Å². The third-order valence-electron chi connectivity index (χ3n) is 2.19. The minimum absolute atomic E-state index is 0.0220. The fourth-order valence-corrected chi connectivity index (χ4v) is 5.18. The predicted octanol–water partition coefficient (Wildman–Crippen LogP) is 2.50. The SMILES string of the molecule is Cc1cc(SOOO)cc(C#N)c1S(=O)(=O)CCI. The molecule has 1 N–H and O–H groups in total. The van der Waals surface area contributed by atoms with Gasteiger partial charge in [-0.15, -0.1) is 4.33 Å². The van der Waals surface area contributed by atoms with Gasteiger partial charge in [-0.1, -0.05) is 27.6 Å². The molecule has 1 aromatic carbocycles. The molecule has 0 fully saturated rings. The third-order valence-corrected chi connectivity index (χ3v) is 5.92. The normalized spacial score (nSPS) is 11.3. The van der Waals surface area contributed by atoms with E-state index in [1.54, 1.807) is 13.0 Å². The number of hydrogen-bond acceptors (Lipinski definition) is 7. The van der Waals surface area contributed by atoms with Crippen LogP contribution in [0, 0.1) is 18.3 Å². The van der Waals surface area contributed by atoms with Crippen LogP contribution in [0.1, 0.15) is 11.1 Å². The van der Waals surface area contributed by atoms with E-state index >= 15 is 0 Å². The number of nitrogens with zero attached hydrogens (tertiary/aromatic N) is 1. The van der Waals surface area contributed by atoms with Crippen molar-refractivity contribution in [1.29, 1.82) is 5.26 Å². The summed E-state index contributed by atoms with van der Waals surface area (Å²) in [5.74, 6) is -0.0220. The Bertz CT molecular complexity index is 597. The van der Waals surface area contributed by atoms with Crippen LogP contribution >= 0.6 is 34.6 Å². The molecule has 0 radical (unpaired) electrons. The van der Waals surface area contributed by atoms with E-state index in [2.05, 4.69) is 9.37 Å². The predicted molar refractivity (Wildman–Crippen MR) is 77.5 cm³/mol. The van der Waals surface area contributed by atoms with E-state index in [9.17, 15) is 8.42 Å². The Morgan fingerprint density at radius 2 is 2.21 bits per heavy atom. The molecule has 9 heteroatoms. The summed E-state index contributed by atoms with van der Waals surface area (Å²) in [7, 11) is -3.48. The van der Waals surface area contributed by atoms with Crippen LogP contribution < -0.4 is 0 Å². The van der Waals surface area contributed by atoms with Crippen LogP contribution in [0.2, 0.25) is 0 Å². The van der Waals surface area contributed by atoms with Crippen molar-refractivity contribution < 1.29 is 23.0 Å². The Hall–Kier alpha value is -0.380. The van der Waals surface area contributed by atoms with Gasteiger partial charge in [0.15, 0.2) is 9.84 Å². The van der Waals surface area contributed by atoms with Crippen LogP contribution in [0.5, 0.6) is 0 Å². The monoisotopic (exact) mass is 415 g/mol. The van der Waals surface area contributed by atoms with E-state index in [1.807, 2.05) is 28.7 Å². The highest BCUT2D eigenvalue weighted by atomic mass is 127. The highest BCUT2D eigenvalue weighted by Gasteiger charge is 2.22. The Labute approximate surface area is 128 Å². The van der Waals surface area contributed by atoms with Crippen molar-refractivity contribution in [3.05, 3.63) is 23.3 Å². The lowest BCUT2D eigenvalue weighted by Crippen LogP contribution is -2.11. The van der Waals surface area contributed by atoms with Crippen molar-refractivity contribution in [3.63, 3.8) is 0 Å². The summed E-state index contributed by atoms with van der Waals surface area (Å²) >= 11 is 2.65. The number of alkyl halides is 1. The van der Waals surface area contributed by atoms with Crippen molar-refractivity contribution in [3.8, 4) is 6.07 Å². The molecule has 0 atom stereocenters. The van der Waals surface area contributed by atoms with Gasteiger partial charge in [0.1, 0.15) is 6.07 Å². The third kappa shape index (κ3) is 4.30. The van der Waals surface area contributed by atoms with Crippen LogP contribution in [0.3, 0.4) is 0 Å². The molecule has 0 spiro atoms. The zero-order chi connectivity index (χ0) is 14.5. The van der Waals surface area contributed by atoms with Gasteiger partial charge in [0.05, 0.1) is 28.3 Å². The zero-order valence-electron chi connectivity index (χ0n) is 9.79. The van der Waals surface area contributed by atoms with E-state index in [1.165, 1.54) is 6.07 Å². The maximum absolute atomic E-state index is 12.1. The van der Waals surface area contributed by atoms with E-state index in [0.717, 1.165) is 0 Å². The molecular formula is C10H10INO5S2. The van der Waals surface area contributed by atoms with Gasteiger partial charge in [-0.05, 0) is 24.6 Å². The van der Waals surface area contributed by atoms with E-state index in [4.69, 9.17) is 10.5 Å². The highest BCUT2D eigenvalue weighted by Crippen LogP contribution is 2.28. The van der Waals surface area contributed by atoms with Gasteiger partial charge in [-0.3, -0.25) is 0 Å². The first-order valence-corrected chi connectivity index (χ1v) is 8.86. The summed E-state index contributed by atoms with van der Waals surface area (Å²) in [6, 6.07) is 4.78. The van der Waals surface area contributed by atoms with Crippen molar-refractivity contribution in [2.75, 3.05) is 10.2 Å². The Balaban J connectivity index is 3.31. The Morgan fingerprint density at radius 1 is 1.53 bits per heavy atom. The average Bonchev–Trinajstić information content (AvgIpc) is 2.34. The van der Waals surface area contributed by atoms with Crippen molar-refractivity contribution in [2.24, 2.45) is 0 Å². The first-order valence-electron chi connectivity index (χ1n) is 4.94. The number of halogens is 1. The molecule has 0 aliphatic rings. The number of hydrogen-bond donors (Lipinski definition) is 1. The number of nitriles is 1. The van der Waals surface area contributed by atoms with Gasteiger partial charge in [0.2, 0.25) is 0 Å². The van der Waals surface area contributed by atoms with Crippen LogP contribution in [0.4, 0.5) is 0 Å². The second-order valence-electron chi connectivity index (χ2n) is 3.46. The summed E-state index contributed by atoms with van der Waals surface area (Å²) in [6.45, 7) is 1.60. The Kier molecular flexibility index (Phi) is 6.51. The van der Waals surface area contributed by atoms with Crippen LogP contribution in [0.25, 0.3) is 0 Å². The summed E-state index contributed by atoms with van der Waals surface area (Å²) in [5.41, 5.74) is 0.502. The second kappa shape index (κ2) is 7.41. The van der Waals surface area contributed by atoms with E-state index in [0.29, 0.717) is 26.9 Å². The summed E-state index contributed by atoms with van der Waals surface area (Å²) in [5, 5.41) is 20.6. The molecule has 0 saturated heterocycles. The highest BCUT2D eigenvalue weighted by molar-refractivity contribution is 14.1. The molecule has 0 heterocycles. The van der Waals surface area contributed by atoms with Crippen LogP contribution in [0.15, 0.2) is 21.9 Å². The topological polar surface area (TPSA) is 96.6 Å². The lowest BCUT2D eigenvalue weighted by molar-refractivity contribution is -0.432. The Morgan fingerprint density at radius 3 is 2.74 bits per heavy atom. The molecule has 1 rings (SSSR count). The number of rotatable bonds is 6. The molecule has 104 valence electrons. The minimum atomic E-state index is -3.48. The fourth-order valence-electron chi connectivity index (χ4n) is 1.54. The smallest absolute Gasteiger partial charge is 0.180 e. The first kappa shape index (κ1) is 16.7. The van der Waals surface area contributed by atoms with Gasteiger partial charge < -0.3 is 0 Å². The largest absolute Gasteiger partial charge is 0.224 e. The lowest BCUT2D eigenvalue weighted by atomic mass is 10.1. The summed E-state index contributed by atoms with van der Waals surface area (Å²) < 4.78 is 28.9. The molecule has 0 unspecified atom stereocenters. The molecule has 1 aromatic rings. The van der Waals surface area contributed by atoms with Gasteiger partial charge in [0.25, 0.3) is 0 Å². The average molecular weight is 415 g/mol. The fraction of sp³-hybridized carbons (Fsp3) is 0.300. The zero-order valence-corrected chi connectivity index (χ0v) is 13.6. The van der Waals surface area contributed by atoms with Crippen molar-refractivity contribution in [1.82, 2.24) is 0 Å². The number of benzene rings is 1. The minimum Gasteiger partial charge on any atom is -0.224 e. The van der Waals surface area contributed by atoms with E-state index < -0.39 is 9.84 Å². The van der Waals surface area contributed by atoms with Crippen molar-refractivity contribution >= 4 is 44.5 Å². The molecule has 0 aromatic heterocycles. The summed E-state index contributed by atoms with van der Waals surface area (Å²) in [4.78, 5) is 0.498. The van der Waals surface area contributed by atoms with Crippen LogP contribution in [-0.4, -0.2) is 23.9 Å². The second-order valence-corrected chi connectivity index (χ2v) is 7.36. The maximum atomic E-state index is 12.1. The summed E-state index contributed by atoms with van der Waals surface area (Å²) in [6.07, 6.45) is 0. The molecule has 0 aliphatic heterocycles. The molecule has 0 saturated carbocycles. The van der Waals surface area contributed by atoms with Gasteiger partial charge in [0, 0.05) is 9.32 Å². The molecule has 6 nitrogen and oxygen atoms in total. The molecule has 19 heavy (non-hydrogen) atoms. The molecule has 0 amide bonds. The first-order chi connectivity index (χ1) is 8.96. The number of sulfone groups is 1. The van der Waals surface area contributed by atoms with Gasteiger partial charge >= 0.3 is 0 Å². The van der Waals surface area contributed by atoms with Gasteiger partial charge in [-0.2, -0.15) is 5.26 Å². The standard InChI is InChI=1S/C10H10INO5S2/c1-7-4-9(18-17-16-13)5-8(6-12)10(7)19(14,15)3-2-11/h4-5,13H,2-3H2,1H3. The maximum Gasteiger partial charge on any atom is 0.180 e. The molecular weight excluding hydrogens is 405 g/mol. The van der Waals surface area contributed by atoms with Crippen LogP contribution in [-0.2, 0) is 19.2 Å². The molecule has 0 aliphatic carbocycles. The molecule has 0 bridgehead atoms.